The molecule has 326 valence electrons. The van der Waals surface area contributed by atoms with E-state index < -0.39 is 0 Å². The van der Waals surface area contributed by atoms with Crippen molar-refractivity contribution in [3.05, 3.63) is 114 Å². The third kappa shape index (κ3) is 8.33. The van der Waals surface area contributed by atoms with Gasteiger partial charge in [-0.2, -0.15) is 10.1 Å². The number of nitrogens with one attached hydrogen (secondary N) is 3. The highest BCUT2D eigenvalue weighted by Crippen LogP contribution is 2.48. The molecule has 3 saturated heterocycles. The van der Waals surface area contributed by atoms with E-state index in [9.17, 15) is 0 Å². The van der Waals surface area contributed by atoms with E-state index in [4.69, 9.17) is 21.7 Å². The number of benzene rings is 2. The van der Waals surface area contributed by atoms with Crippen molar-refractivity contribution >= 4 is 57.4 Å². The zero-order chi connectivity index (χ0) is 43.3. The lowest BCUT2D eigenvalue weighted by molar-refractivity contribution is 0.0889. The second kappa shape index (κ2) is 17.1. The maximum atomic E-state index is 6.71. The Kier molecular flexibility index (Phi) is 11.6. The normalized spacial score (nSPS) is 20.7. The van der Waals surface area contributed by atoms with Crippen LogP contribution in [0.25, 0.3) is 17.0 Å². The Balaban J connectivity index is 0.764. The fourth-order valence-corrected chi connectivity index (χ4v) is 10.8. The number of nitrogens with zero attached hydrogens (tertiary/aromatic N) is 8. The van der Waals surface area contributed by atoms with Gasteiger partial charge in [-0.25, -0.2) is 4.98 Å². The number of allylic oxidation sites excluding steroid dienone is 4. The van der Waals surface area contributed by atoms with E-state index in [2.05, 4.69) is 135 Å². The number of rotatable bonds is 12. The van der Waals surface area contributed by atoms with Crippen LogP contribution in [-0.2, 0) is 7.05 Å². The summed E-state index contributed by atoms with van der Waals surface area (Å²) in [7, 11) is 3.99. The number of piperazine rings is 1. The van der Waals surface area contributed by atoms with Gasteiger partial charge in [0.25, 0.3) is 0 Å². The molecule has 2 aromatic carbocycles. The van der Waals surface area contributed by atoms with Gasteiger partial charge in [-0.05, 0) is 119 Å². The van der Waals surface area contributed by atoms with Gasteiger partial charge in [0.05, 0.1) is 17.4 Å². The zero-order valence-corrected chi connectivity index (χ0v) is 38.0. The van der Waals surface area contributed by atoms with Gasteiger partial charge in [-0.1, -0.05) is 37.9 Å². The Morgan fingerprint density at radius 1 is 1.00 bits per heavy atom. The van der Waals surface area contributed by atoms with Gasteiger partial charge < -0.3 is 30.7 Å². The molecule has 3 N–H and O–H groups in total. The summed E-state index contributed by atoms with van der Waals surface area (Å²) in [5.41, 5.74) is 12.7. The SMILES string of the molecule is C=C(CCC1=Cc2cc(Nc3nc(N4CCN(CC5CCC6(CC5)CN(c5ccc7c(C8CCC(=C)NC8=C)nn(C)c7c5)C6)CC4)ncc3Cl)ccc2N(C(C)C)C1=C)NC. The number of halogens is 1. The largest absolute Gasteiger partial charge is 0.392 e. The summed E-state index contributed by atoms with van der Waals surface area (Å²) in [6, 6.07) is 13.6. The Morgan fingerprint density at radius 3 is 2.50 bits per heavy atom. The molecule has 1 unspecified atom stereocenters. The minimum atomic E-state index is 0.216. The summed E-state index contributed by atoms with van der Waals surface area (Å²) in [6.45, 7) is 28.7. The molecule has 0 bridgehead atoms. The van der Waals surface area contributed by atoms with Gasteiger partial charge in [0.2, 0.25) is 5.95 Å². The zero-order valence-electron chi connectivity index (χ0n) is 37.2. The van der Waals surface area contributed by atoms with Gasteiger partial charge >= 0.3 is 0 Å². The van der Waals surface area contributed by atoms with E-state index in [0.717, 1.165) is 122 Å². The minimum Gasteiger partial charge on any atom is -0.392 e. The predicted octanol–water partition coefficient (Wildman–Crippen LogP) is 9.71. The van der Waals surface area contributed by atoms with Crippen molar-refractivity contribution < 1.29 is 0 Å². The molecule has 2 aromatic heterocycles. The molecular formula is C50H64ClN11. The molecule has 11 nitrogen and oxygen atoms in total. The summed E-state index contributed by atoms with van der Waals surface area (Å²) in [5.74, 6) is 2.32. The van der Waals surface area contributed by atoms with Crippen LogP contribution >= 0.6 is 11.6 Å². The lowest BCUT2D eigenvalue weighted by atomic mass is 9.65. The molecule has 1 aliphatic carbocycles. The fourth-order valence-electron chi connectivity index (χ4n) is 10.6. The van der Waals surface area contributed by atoms with E-state index in [-0.39, 0.29) is 12.0 Å². The van der Waals surface area contributed by atoms with E-state index in [1.54, 1.807) is 6.20 Å². The average Bonchev–Trinajstić information content (AvgIpc) is 3.58. The number of piperidine rings is 1. The molecule has 12 heteroatoms. The highest BCUT2D eigenvalue weighted by Gasteiger charge is 2.45. The first-order valence-corrected chi connectivity index (χ1v) is 23.1. The fraction of sp³-hybridized carbons (Fsp3) is 0.460. The highest BCUT2D eigenvalue weighted by atomic mass is 35.5. The molecule has 1 spiro atoms. The molecular weight excluding hydrogens is 790 g/mol. The summed E-state index contributed by atoms with van der Waals surface area (Å²) in [5, 5.41) is 16.8. The van der Waals surface area contributed by atoms with E-state index in [1.807, 2.05) is 7.05 Å². The van der Waals surface area contributed by atoms with Crippen LogP contribution in [0.3, 0.4) is 0 Å². The van der Waals surface area contributed by atoms with E-state index in [1.165, 1.54) is 54.4 Å². The van der Waals surface area contributed by atoms with Crippen LogP contribution in [0.1, 0.15) is 82.4 Å². The molecule has 4 aliphatic heterocycles. The Hall–Kier alpha value is -5.26. The molecule has 1 saturated carbocycles. The molecule has 4 fully saturated rings. The van der Waals surface area contributed by atoms with Gasteiger partial charge in [0.15, 0.2) is 5.82 Å². The van der Waals surface area contributed by atoms with E-state index >= 15 is 0 Å². The summed E-state index contributed by atoms with van der Waals surface area (Å²) in [4.78, 5) is 19.5. The van der Waals surface area contributed by atoms with Crippen molar-refractivity contribution in [3.8, 4) is 0 Å². The third-order valence-electron chi connectivity index (χ3n) is 14.3. The number of fused-ring (bicyclic) bond motifs is 2. The van der Waals surface area contributed by atoms with Crippen molar-refractivity contribution in [3.63, 3.8) is 0 Å². The quantitative estimate of drug-likeness (QED) is 0.128. The van der Waals surface area contributed by atoms with Crippen LogP contribution in [-0.4, -0.2) is 83.6 Å². The van der Waals surface area contributed by atoms with Crippen LogP contribution in [0, 0.1) is 11.3 Å². The monoisotopic (exact) mass is 854 g/mol. The van der Waals surface area contributed by atoms with Gasteiger partial charge in [-0.3, -0.25) is 9.58 Å². The van der Waals surface area contributed by atoms with E-state index in [0.29, 0.717) is 16.3 Å². The average molecular weight is 855 g/mol. The molecule has 0 radical (unpaired) electrons. The first-order chi connectivity index (χ1) is 29.9. The number of hydrogen-bond acceptors (Lipinski definition) is 10. The molecule has 5 aliphatic rings. The molecule has 4 aromatic rings. The van der Waals surface area contributed by atoms with Crippen molar-refractivity contribution in [2.45, 2.75) is 77.2 Å². The second-order valence-electron chi connectivity index (χ2n) is 18.8. The van der Waals surface area contributed by atoms with Gasteiger partial charge in [0.1, 0.15) is 5.02 Å². The lowest BCUT2D eigenvalue weighted by Crippen LogP contribution is -2.58. The number of aromatic nitrogens is 4. The molecule has 1 atom stereocenters. The smallest absolute Gasteiger partial charge is 0.227 e. The van der Waals surface area contributed by atoms with Crippen molar-refractivity contribution in [1.29, 1.82) is 0 Å². The Morgan fingerprint density at radius 2 is 1.77 bits per heavy atom. The second-order valence-corrected chi connectivity index (χ2v) is 19.2. The van der Waals surface area contributed by atoms with Crippen LogP contribution < -0.4 is 30.7 Å². The summed E-state index contributed by atoms with van der Waals surface area (Å²) in [6.07, 6.45) is 12.9. The first kappa shape index (κ1) is 42.1. The first-order valence-electron chi connectivity index (χ1n) is 22.7. The number of aryl methyl sites for hydroxylation is 1. The Bertz CT molecular complexity index is 2420. The van der Waals surface area contributed by atoms with Gasteiger partial charge in [-0.15, -0.1) is 0 Å². The third-order valence-corrected chi connectivity index (χ3v) is 14.6. The van der Waals surface area contributed by atoms with Crippen LogP contribution in [0.4, 0.5) is 28.8 Å². The summed E-state index contributed by atoms with van der Waals surface area (Å²) >= 11 is 6.71. The van der Waals surface area contributed by atoms with Crippen LogP contribution in [0.5, 0.6) is 0 Å². The maximum absolute atomic E-state index is 6.71. The van der Waals surface area contributed by atoms with Crippen molar-refractivity contribution in [2.24, 2.45) is 18.4 Å². The van der Waals surface area contributed by atoms with Crippen molar-refractivity contribution in [1.82, 2.24) is 35.3 Å². The van der Waals surface area contributed by atoms with Crippen molar-refractivity contribution in [2.75, 3.05) is 72.9 Å². The number of hydrogen-bond donors (Lipinski definition) is 3. The Labute approximate surface area is 373 Å². The van der Waals surface area contributed by atoms with Crippen LogP contribution in [0.15, 0.2) is 97.3 Å². The standard InChI is InChI=1S/C50H64ClN11/c1-32(2)62-36(6)38(11-9-33(3)52-7)25-39-26-40(12-16-45(39)62)55-48-44(51)28-53-49(56-48)60-23-21-59(22-24-60)29-37-17-19-50(20-18-37)30-61(31-50)41-13-15-43-46(27-41)58(8)57-47(43)42-14-10-34(4)54-35(42)5/h12-13,15-16,25-28,32,37,42,52,54H,3-6,9-11,14,17-24,29-31H2,1-2,7-8H3,(H,53,55,56). The lowest BCUT2D eigenvalue weighted by Gasteiger charge is -2.55. The highest BCUT2D eigenvalue weighted by molar-refractivity contribution is 6.32. The predicted molar refractivity (Wildman–Crippen MR) is 258 cm³/mol. The number of anilines is 5. The molecule has 6 heterocycles. The summed E-state index contributed by atoms with van der Waals surface area (Å²) < 4.78 is 2.05. The minimum absolute atomic E-state index is 0.216. The topological polar surface area (TPSA) is 92.7 Å². The molecule has 0 amide bonds. The molecule has 62 heavy (non-hydrogen) atoms. The molecule has 9 rings (SSSR count). The van der Waals surface area contributed by atoms with Gasteiger partial charge in [0, 0.05) is 128 Å². The maximum Gasteiger partial charge on any atom is 0.227 e. The van der Waals surface area contributed by atoms with Crippen LogP contribution in [0.2, 0.25) is 5.02 Å².